The quantitative estimate of drug-likeness (QED) is 0.742. The van der Waals surface area contributed by atoms with Gasteiger partial charge in [-0.25, -0.2) is 9.59 Å². The number of hydrogen-bond donors (Lipinski definition) is 0. The first-order valence-corrected chi connectivity index (χ1v) is 6.94. The van der Waals surface area contributed by atoms with Gasteiger partial charge in [0, 0.05) is 5.92 Å². The number of carbonyl (C=O) groups excluding carboxylic acids is 3. The molecule has 0 spiro atoms. The lowest BCUT2D eigenvalue weighted by Gasteiger charge is -2.23. The van der Waals surface area contributed by atoms with Crippen LogP contribution in [0.2, 0.25) is 0 Å². The Kier molecular flexibility index (Phi) is 4.42. The summed E-state index contributed by atoms with van der Waals surface area (Å²) in [5.74, 6) is -0.364. The van der Waals surface area contributed by atoms with Crippen molar-refractivity contribution in [3.63, 3.8) is 0 Å². The summed E-state index contributed by atoms with van der Waals surface area (Å²) >= 11 is 0. The average molecular weight is 281 g/mol. The maximum atomic E-state index is 12.5. The van der Waals surface area contributed by atoms with Crippen LogP contribution in [0, 0.1) is 17.8 Å². The lowest BCUT2D eigenvalue weighted by molar-refractivity contribution is -0.132. The topological polar surface area (TPSA) is 72.9 Å². The fourth-order valence-electron chi connectivity index (χ4n) is 2.86. The van der Waals surface area contributed by atoms with Gasteiger partial charge in [0.05, 0.1) is 13.2 Å². The SMILES string of the molecule is CCOC(=O)N(C(=O)OCC)C(=O)C1CC2C=CC1C2. The number of hydrogen-bond acceptors (Lipinski definition) is 5. The van der Waals surface area contributed by atoms with Gasteiger partial charge in [-0.15, -0.1) is 4.90 Å². The van der Waals surface area contributed by atoms with E-state index in [0.717, 1.165) is 6.42 Å². The van der Waals surface area contributed by atoms with E-state index in [1.807, 2.05) is 6.08 Å². The first-order chi connectivity index (χ1) is 9.58. The monoisotopic (exact) mass is 281 g/mol. The van der Waals surface area contributed by atoms with E-state index in [1.165, 1.54) is 0 Å². The summed E-state index contributed by atoms with van der Waals surface area (Å²) in [5, 5.41) is 0. The molecule has 3 amide bonds. The molecule has 0 aromatic rings. The Hall–Kier alpha value is -1.85. The number of nitrogens with zero attached hydrogens (tertiary/aromatic N) is 1. The van der Waals surface area contributed by atoms with Gasteiger partial charge in [0.2, 0.25) is 5.91 Å². The van der Waals surface area contributed by atoms with Crippen molar-refractivity contribution in [3.8, 4) is 0 Å². The van der Waals surface area contributed by atoms with Crippen LogP contribution in [0.4, 0.5) is 9.59 Å². The minimum absolute atomic E-state index is 0.0959. The third-order valence-electron chi connectivity index (χ3n) is 3.72. The normalized spacial score (nSPS) is 26.4. The maximum absolute atomic E-state index is 12.5. The molecule has 0 heterocycles. The summed E-state index contributed by atoms with van der Waals surface area (Å²) < 4.78 is 9.56. The van der Waals surface area contributed by atoms with Crippen LogP contribution < -0.4 is 0 Å². The van der Waals surface area contributed by atoms with Gasteiger partial charge in [0.1, 0.15) is 0 Å². The van der Waals surface area contributed by atoms with E-state index >= 15 is 0 Å². The van der Waals surface area contributed by atoms with E-state index in [2.05, 4.69) is 6.08 Å². The molecule has 0 aromatic heterocycles. The minimum Gasteiger partial charge on any atom is -0.449 e. The highest BCUT2D eigenvalue weighted by Gasteiger charge is 2.45. The van der Waals surface area contributed by atoms with Crippen LogP contribution in [0.5, 0.6) is 0 Å². The summed E-state index contributed by atoms with van der Waals surface area (Å²) in [4.78, 5) is 36.6. The molecule has 0 aliphatic heterocycles. The fourth-order valence-corrected chi connectivity index (χ4v) is 2.86. The van der Waals surface area contributed by atoms with Crippen molar-refractivity contribution in [2.75, 3.05) is 13.2 Å². The molecule has 2 aliphatic carbocycles. The zero-order valence-electron chi connectivity index (χ0n) is 11.7. The molecule has 0 radical (unpaired) electrons. The highest BCUT2D eigenvalue weighted by molar-refractivity contribution is 6.07. The molecule has 1 saturated carbocycles. The van der Waals surface area contributed by atoms with Crippen molar-refractivity contribution in [2.45, 2.75) is 26.7 Å². The van der Waals surface area contributed by atoms with E-state index in [0.29, 0.717) is 17.2 Å². The van der Waals surface area contributed by atoms with Crippen molar-refractivity contribution in [2.24, 2.45) is 17.8 Å². The van der Waals surface area contributed by atoms with Crippen molar-refractivity contribution < 1.29 is 23.9 Å². The van der Waals surface area contributed by atoms with Crippen LogP contribution in [0.1, 0.15) is 26.7 Å². The third-order valence-corrected chi connectivity index (χ3v) is 3.72. The zero-order valence-corrected chi connectivity index (χ0v) is 11.7. The van der Waals surface area contributed by atoms with E-state index in [9.17, 15) is 14.4 Å². The van der Waals surface area contributed by atoms with Gasteiger partial charge in [-0.3, -0.25) is 4.79 Å². The average Bonchev–Trinajstić information content (AvgIpc) is 3.01. The Morgan fingerprint density at radius 2 is 1.65 bits per heavy atom. The van der Waals surface area contributed by atoms with Gasteiger partial charge in [0.15, 0.2) is 0 Å². The molecule has 20 heavy (non-hydrogen) atoms. The lowest BCUT2D eigenvalue weighted by atomic mass is 9.92. The number of imide groups is 3. The Labute approximate surface area is 117 Å². The van der Waals surface area contributed by atoms with Crippen molar-refractivity contribution in [1.82, 2.24) is 4.90 Å². The van der Waals surface area contributed by atoms with Crippen LogP contribution in [-0.2, 0) is 14.3 Å². The van der Waals surface area contributed by atoms with Crippen molar-refractivity contribution >= 4 is 18.1 Å². The standard InChI is InChI=1S/C14H19NO5/c1-3-19-13(17)15(14(18)20-4-2)12(16)11-8-9-5-6-10(11)7-9/h5-6,9-11H,3-4,7-8H2,1-2H3. The van der Waals surface area contributed by atoms with Gasteiger partial charge in [0.25, 0.3) is 0 Å². The Morgan fingerprint density at radius 1 is 1.05 bits per heavy atom. The van der Waals surface area contributed by atoms with Crippen LogP contribution in [0.3, 0.4) is 0 Å². The van der Waals surface area contributed by atoms with Gasteiger partial charge in [-0.1, -0.05) is 12.2 Å². The number of rotatable bonds is 3. The highest BCUT2D eigenvalue weighted by Crippen LogP contribution is 2.44. The van der Waals surface area contributed by atoms with E-state index < -0.39 is 18.1 Å². The summed E-state index contributed by atoms with van der Waals surface area (Å²) in [7, 11) is 0. The minimum atomic E-state index is -0.956. The van der Waals surface area contributed by atoms with Crippen LogP contribution in [0.15, 0.2) is 12.2 Å². The summed E-state index contributed by atoms with van der Waals surface area (Å²) in [6.45, 7) is 3.43. The van der Waals surface area contributed by atoms with Crippen molar-refractivity contribution in [1.29, 1.82) is 0 Å². The van der Waals surface area contributed by atoms with Crippen molar-refractivity contribution in [3.05, 3.63) is 12.2 Å². The predicted octanol–water partition coefficient (Wildman–Crippen LogP) is 2.34. The maximum Gasteiger partial charge on any atom is 0.426 e. The van der Waals surface area contributed by atoms with Gasteiger partial charge in [-0.2, -0.15) is 0 Å². The molecule has 0 saturated heterocycles. The van der Waals surface area contributed by atoms with Gasteiger partial charge >= 0.3 is 12.2 Å². The van der Waals surface area contributed by atoms with Gasteiger partial charge < -0.3 is 9.47 Å². The van der Waals surface area contributed by atoms with E-state index in [-0.39, 0.29) is 25.0 Å². The summed E-state index contributed by atoms with van der Waals surface area (Å²) in [5.41, 5.74) is 0. The molecular weight excluding hydrogens is 262 g/mol. The van der Waals surface area contributed by atoms with Crippen LogP contribution >= 0.6 is 0 Å². The summed E-state index contributed by atoms with van der Waals surface area (Å²) in [6.07, 6.45) is 3.76. The second kappa shape index (κ2) is 6.07. The first-order valence-electron chi connectivity index (χ1n) is 6.94. The molecule has 2 bridgehead atoms. The largest absolute Gasteiger partial charge is 0.449 e. The molecule has 2 aliphatic rings. The Morgan fingerprint density at radius 3 is 2.05 bits per heavy atom. The predicted molar refractivity (Wildman–Crippen MR) is 69.7 cm³/mol. The molecule has 2 rings (SSSR count). The van der Waals surface area contributed by atoms with Crippen LogP contribution in [-0.4, -0.2) is 36.2 Å². The van der Waals surface area contributed by atoms with Gasteiger partial charge in [-0.05, 0) is 38.5 Å². The van der Waals surface area contributed by atoms with E-state index in [4.69, 9.17) is 9.47 Å². The molecule has 1 fully saturated rings. The molecule has 3 unspecified atom stereocenters. The summed E-state index contributed by atoms with van der Waals surface area (Å²) in [6, 6.07) is 0. The molecule has 110 valence electrons. The fraction of sp³-hybridized carbons (Fsp3) is 0.643. The molecule has 0 aromatic carbocycles. The molecule has 6 heteroatoms. The Balaban J connectivity index is 2.13. The number of fused-ring (bicyclic) bond motifs is 2. The lowest BCUT2D eigenvalue weighted by Crippen LogP contribution is -2.46. The Bertz CT molecular complexity index is 427. The zero-order chi connectivity index (χ0) is 14.7. The molecule has 6 nitrogen and oxygen atoms in total. The molecular formula is C14H19NO5. The van der Waals surface area contributed by atoms with Crippen LogP contribution in [0.25, 0.3) is 0 Å². The number of ether oxygens (including phenoxy) is 2. The third kappa shape index (κ3) is 2.69. The number of carbonyl (C=O) groups is 3. The number of amides is 3. The highest BCUT2D eigenvalue weighted by atomic mass is 16.6. The molecule has 0 N–H and O–H groups in total. The first kappa shape index (κ1) is 14.6. The molecule has 3 atom stereocenters. The smallest absolute Gasteiger partial charge is 0.426 e. The van der Waals surface area contributed by atoms with E-state index in [1.54, 1.807) is 13.8 Å². The second-order valence-corrected chi connectivity index (χ2v) is 4.96. The second-order valence-electron chi connectivity index (χ2n) is 4.96. The number of allylic oxidation sites excluding steroid dienone is 2.